The molecule has 0 saturated carbocycles. The van der Waals surface area contributed by atoms with E-state index in [1.807, 2.05) is 35.1 Å². The fourth-order valence-corrected chi connectivity index (χ4v) is 11.6. The lowest BCUT2D eigenvalue weighted by Crippen LogP contribution is -2.10. The van der Waals surface area contributed by atoms with Crippen molar-refractivity contribution in [3.05, 3.63) is 169 Å². The van der Waals surface area contributed by atoms with Gasteiger partial charge in [-0.3, -0.25) is 9.97 Å². The molecule has 0 saturated heterocycles. The third-order valence-electron chi connectivity index (χ3n) is 11.5. The van der Waals surface area contributed by atoms with Crippen molar-refractivity contribution in [3.63, 3.8) is 0 Å². The zero-order valence-corrected chi connectivity index (χ0v) is 35.4. The molecule has 4 heteroatoms. The van der Waals surface area contributed by atoms with Crippen LogP contribution in [0.4, 0.5) is 0 Å². The van der Waals surface area contributed by atoms with Gasteiger partial charge in [-0.25, -0.2) is 0 Å². The molecule has 282 valence electrons. The Morgan fingerprint density at radius 3 is 1.10 bits per heavy atom. The summed E-state index contributed by atoms with van der Waals surface area (Å²) >= 11 is 3.84. The normalized spacial score (nSPS) is 12.3. The first-order chi connectivity index (χ1) is 28.0. The fraction of sp³-hybridized carbons (Fsp3) is 0.148. The summed E-state index contributed by atoms with van der Waals surface area (Å²) < 4.78 is 5.44. The van der Waals surface area contributed by atoms with E-state index >= 15 is 0 Å². The van der Waals surface area contributed by atoms with Crippen molar-refractivity contribution in [2.75, 3.05) is 0 Å². The van der Waals surface area contributed by atoms with Gasteiger partial charge >= 0.3 is 0 Å². The van der Waals surface area contributed by atoms with Crippen molar-refractivity contribution in [3.8, 4) is 55.9 Å². The molecule has 0 unspecified atom stereocenters. The summed E-state index contributed by atoms with van der Waals surface area (Å²) in [5.74, 6) is 0. The molecule has 0 N–H and O–H groups in total. The van der Waals surface area contributed by atoms with Crippen molar-refractivity contribution >= 4 is 63.0 Å². The molecule has 4 aromatic heterocycles. The van der Waals surface area contributed by atoms with Crippen LogP contribution in [0.5, 0.6) is 0 Å². The summed E-state index contributed by atoms with van der Waals surface area (Å²) in [6, 6.07) is 53.4. The van der Waals surface area contributed by atoms with Crippen LogP contribution in [-0.2, 0) is 10.8 Å². The molecular formula is C54H44N2S2. The van der Waals surface area contributed by atoms with Gasteiger partial charge in [0.05, 0.1) is 11.4 Å². The summed E-state index contributed by atoms with van der Waals surface area (Å²) in [6.07, 6.45) is 3.81. The zero-order valence-electron chi connectivity index (χ0n) is 33.7. The Kier molecular flexibility index (Phi) is 8.70. The molecule has 0 aliphatic heterocycles. The van der Waals surface area contributed by atoms with Gasteiger partial charge in [-0.05, 0) is 103 Å². The molecule has 0 bridgehead atoms. The largest absolute Gasteiger partial charge is 0.255 e. The van der Waals surface area contributed by atoms with Gasteiger partial charge in [0.15, 0.2) is 0 Å². The zero-order chi connectivity index (χ0) is 39.8. The molecule has 0 amide bonds. The molecule has 4 heterocycles. The Balaban J connectivity index is 0.990. The highest BCUT2D eigenvalue weighted by Crippen LogP contribution is 2.46. The molecule has 0 atom stereocenters. The van der Waals surface area contributed by atoms with Crippen LogP contribution in [0.1, 0.15) is 52.7 Å². The molecule has 0 aliphatic carbocycles. The molecule has 0 fully saturated rings. The number of rotatable bonds is 5. The van der Waals surface area contributed by atoms with Crippen LogP contribution < -0.4 is 0 Å². The summed E-state index contributed by atoms with van der Waals surface area (Å²) in [7, 11) is 0. The molecule has 0 aliphatic rings. The van der Waals surface area contributed by atoms with E-state index in [1.165, 1.54) is 73.7 Å². The van der Waals surface area contributed by atoms with Gasteiger partial charge in [0.1, 0.15) is 0 Å². The molecule has 0 radical (unpaired) electrons. The minimum absolute atomic E-state index is 0.0736. The first-order valence-electron chi connectivity index (χ1n) is 20.0. The number of aromatic nitrogens is 2. The smallest absolute Gasteiger partial charge is 0.0892 e. The summed E-state index contributed by atoms with van der Waals surface area (Å²) in [5.41, 5.74) is 14.2. The van der Waals surface area contributed by atoms with Crippen LogP contribution in [0.2, 0.25) is 0 Å². The Morgan fingerprint density at radius 1 is 0.345 bits per heavy atom. The van der Waals surface area contributed by atoms with Crippen molar-refractivity contribution < 1.29 is 0 Å². The second-order valence-corrected chi connectivity index (χ2v) is 19.5. The minimum atomic E-state index is 0.0736. The third kappa shape index (κ3) is 6.32. The number of hydrogen-bond donors (Lipinski definition) is 0. The van der Waals surface area contributed by atoms with Crippen LogP contribution in [0.25, 0.3) is 96.2 Å². The lowest BCUT2D eigenvalue weighted by molar-refractivity contribution is 0.596. The highest BCUT2D eigenvalue weighted by Gasteiger charge is 2.22. The topological polar surface area (TPSA) is 25.8 Å². The van der Waals surface area contributed by atoms with Gasteiger partial charge in [-0.15, -0.1) is 22.7 Å². The van der Waals surface area contributed by atoms with E-state index in [-0.39, 0.29) is 10.8 Å². The van der Waals surface area contributed by atoms with E-state index in [2.05, 4.69) is 187 Å². The SMILES string of the molecule is CC(C)(C)c1cccc2c1sc1c(-c3cccc(-c4ccnc(-c5cc(-c6cccc(-c7cccc8c7sc7c(C(C)(C)C)cccc78)c6)ccn5)c4)c3)cccc12. The van der Waals surface area contributed by atoms with Gasteiger partial charge in [0, 0.05) is 52.7 Å². The minimum Gasteiger partial charge on any atom is -0.255 e. The predicted octanol–water partition coefficient (Wildman–Crippen LogP) is 16.1. The van der Waals surface area contributed by atoms with E-state index < -0.39 is 0 Å². The monoisotopic (exact) mass is 784 g/mol. The standard InChI is InChI=1S/C54H44N2S2/c1-53(2,3)45-23-11-21-43-41-19-9-17-39(49(41)57-51(43)45)37-15-7-13-33(29-37)35-25-27-55-47(31-35)48-32-36(26-28-56-48)34-14-8-16-38(30-34)40-18-10-20-42-44-22-12-24-46(54(4,5)6)52(44)58-50(40)42/h7-32H,1-6H3. The van der Waals surface area contributed by atoms with E-state index in [9.17, 15) is 0 Å². The highest BCUT2D eigenvalue weighted by molar-refractivity contribution is 7.27. The Hall–Kier alpha value is -5.94. The van der Waals surface area contributed by atoms with Crippen molar-refractivity contribution in [1.29, 1.82) is 0 Å². The second kappa shape index (κ2) is 13.9. The Bertz CT molecular complexity index is 2990. The maximum Gasteiger partial charge on any atom is 0.0892 e. The molecule has 0 spiro atoms. The van der Waals surface area contributed by atoms with Crippen molar-refractivity contribution in [1.82, 2.24) is 9.97 Å². The molecule has 58 heavy (non-hydrogen) atoms. The van der Waals surface area contributed by atoms with Crippen LogP contribution in [-0.4, -0.2) is 9.97 Å². The van der Waals surface area contributed by atoms with Gasteiger partial charge < -0.3 is 0 Å². The number of hydrogen-bond acceptors (Lipinski definition) is 4. The maximum absolute atomic E-state index is 4.83. The van der Waals surface area contributed by atoms with Gasteiger partial charge in [-0.2, -0.15) is 0 Å². The fourth-order valence-electron chi connectivity index (χ4n) is 8.51. The molecular weight excluding hydrogens is 741 g/mol. The summed E-state index contributed by atoms with van der Waals surface area (Å²) in [4.78, 5) is 9.66. The highest BCUT2D eigenvalue weighted by atomic mass is 32.1. The van der Waals surface area contributed by atoms with Gasteiger partial charge in [0.25, 0.3) is 0 Å². The summed E-state index contributed by atoms with van der Waals surface area (Å²) in [6.45, 7) is 13.8. The van der Waals surface area contributed by atoms with Crippen LogP contribution in [0, 0.1) is 0 Å². The quantitative estimate of drug-likeness (QED) is 0.174. The number of nitrogens with zero attached hydrogens (tertiary/aromatic N) is 2. The molecule has 6 aromatic carbocycles. The third-order valence-corrected chi connectivity index (χ3v) is 14.0. The average molecular weight is 785 g/mol. The van der Waals surface area contributed by atoms with E-state index in [1.54, 1.807) is 0 Å². The van der Waals surface area contributed by atoms with Crippen molar-refractivity contribution in [2.24, 2.45) is 0 Å². The number of pyridine rings is 2. The number of benzene rings is 6. The summed E-state index contributed by atoms with van der Waals surface area (Å²) in [5, 5.41) is 5.33. The van der Waals surface area contributed by atoms with Gasteiger partial charge in [-0.1, -0.05) is 151 Å². The number of fused-ring (bicyclic) bond motifs is 6. The average Bonchev–Trinajstić information content (AvgIpc) is 3.82. The van der Waals surface area contributed by atoms with Gasteiger partial charge in [0.2, 0.25) is 0 Å². The first kappa shape index (κ1) is 36.4. The number of thiophene rings is 2. The van der Waals surface area contributed by atoms with E-state index in [0.29, 0.717) is 0 Å². The van der Waals surface area contributed by atoms with Crippen LogP contribution in [0.3, 0.4) is 0 Å². The van der Waals surface area contributed by atoms with Crippen molar-refractivity contribution in [2.45, 2.75) is 52.4 Å². The Labute approximate surface area is 348 Å². The Morgan fingerprint density at radius 2 is 0.690 bits per heavy atom. The molecule has 2 nitrogen and oxygen atoms in total. The maximum atomic E-state index is 4.83. The first-order valence-corrected chi connectivity index (χ1v) is 21.7. The molecule has 10 rings (SSSR count). The lowest BCUT2D eigenvalue weighted by Gasteiger charge is -2.19. The van der Waals surface area contributed by atoms with E-state index in [0.717, 1.165) is 33.6 Å². The second-order valence-electron chi connectivity index (χ2n) is 17.5. The predicted molar refractivity (Wildman–Crippen MR) is 252 cm³/mol. The van der Waals surface area contributed by atoms with Crippen LogP contribution >= 0.6 is 22.7 Å². The van der Waals surface area contributed by atoms with Crippen LogP contribution in [0.15, 0.2) is 158 Å². The molecule has 10 aromatic rings. The lowest BCUT2D eigenvalue weighted by atomic mass is 9.86. The van der Waals surface area contributed by atoms with E-state index in [4.69, 9.17) is 9.97 Å².